The first-order valence-corrected chi connectivity index (χ1v) is 7.50. The maximum atomic E-state index is 5.96. The van der Waals surface area contributed by atoms with Gasteiger partial charge in [-0.3, -0.25) is 0 Å². The Bertz CT molecular complexity index is 792. The molecule has 1 aliphatic rings. The monoisotopic (exact) mass is 298 g/mol. The van der Waals surface area contributed by atoms with Gasteiger partial charge in [0.2, 0.25) is 0 Å². The number of hydrogen-bond acceptors (Lipinski definition) is 3. The van der Waals surface area contributed by atoms with Crippen LogP contribution in [0.1, 0.15) is 18.4 Å². The molecule has 0 bridgehead atoms. The van der Waals surface area contributed by atoms with Gasteiger partial charge in [-0.15, -0.1) is 0 Å². The third-order valence-corrected chi connectivity index (χ3v) is 3.93. The highest BCUT2D eigenvalue weighted by Gasteiger charge is 2.20. The zero-order valence-corrected chi connectivity index (χ0v) is 12.2. The first-order chi connectivity index (χ1) is 10.3. The maximum Gasteiger partial charge on any atom is 0.154 e. The Morgan fingerprint density at radius 1 is 1.29 bits per heavy atom. The van der Waals surface area contributed by atoms with Crippen LogP contribution in [0.3, 0.4) is 0 Å². The number of para-hydroxylation sites is 1. The average Bonchev–Trinajstić information content (AvgIpc) is 3.24. The molecule has 0 amide bonds. The lowest BCUT2D eigenvalue weighted by atomic mass is 10.1. The number of hydrogen-bond donors (Lipinski definition) is 1. The van der Waals surface area contributed by atoms with Crippen LogP contribution in [0.4, 0.5) is 0 Å². The fourth-order valence-corrected chi connectivity index (χ4v) is 2.60. The van der Waals surface area contributed by atoms with Crippen LogP contribution < -0.4 is 5.32 Å². The van der Waals surface area contributed by atoms with Crippen LogP contribution in [0.2, 0.25) is 5.02 Å². The molecule has 0 radical (unpaired) electrons. The quantitative estimate of drug-likeness (QED) is 0.803. The molecule has 0 aliphatic heterocycles. The van der Waals surface area contributed by atoms with Crippen molar-refractivity contribution in [1.29, 1.82) is 0 Å². The second-order valence-electron chi connectivity index (χ2n) is 5.42. The predicted octanol–water partition coefficient (Wildman–Crippen LogP) is 3.33. The van der Waals surface area contributed by atoms with E-state index in [1.165, 1.54) is 23.8 Å². The van der Waals surface area contributed by atoms with Gasteiger partial charge >= 0.3 is 0 Å². The lowest BCUT2D eigenvalue weighted by Gasteiger charge is -2.10. The van der Waals surface area contributed by atoms with E-state index in [-0.39, 0.29) is 0 Å². The van der Waals surface area contributed by atoms with E-state index in [0.29, 0.717) is 11.1 Å². The molecule has 1 aromatic carbocycles. The summed E-state index contributed by atoms with van der Waals surface area (Å²) in [6.07, 6.45) is 5.96. The summed E-state index contributed by atoms with van der Waals surface area (Å²) in [5.41, 5.74) is 2.23. The zero-order valence-electron chi connectivity index (χ0n) is 11.5. The molecule has 5 heteroatoms. The van der Waals surface area contributed by atoms with Gasteiger partial charge in [0.15, 0.2) is 5.82 Å². The van der Waals surface area contributed by atoms with Crippen molar-refractivity contribution in [1.82, 2.24) is 20.1 Å². The number of fused-ring (bicyclic) bond motifs is 1. The van der Waals surface area contributed by atoms with Crippen LogP contribution in [0, 0.1) is 0 Å². The van der Waals surface area contributed by atoms with E-state index in [4.69, 9.17) is 11.6 Å². The van der Waals surface area contributed by atoms with Gasteiger partial charge in [-0.25, -0.2) is 9.67 Å². The Labute approximate surface area is 127 Å². The van der Waals surface area contributed by atoms with Crippen molar-refractivity contribution in [2.75, 3.05) is 0 Å². The van der Waals surface area contributed by atoms with Crippen LogP contribution >= 0.6 is 11.6 Å². The summed E-state index contributed by atoms with van der Waals surface area (Å²) in [5.74, 6) is 0.799. The van der Waals surface area contributed by atoms with Gasteiger partial charge in [0.25, 0.3) is 0 Å². The second-order valence-corrected chi connectivity index (χ2v) is 5.85. The number of benzene rings is 1. The lowest BCUT2D eigenvalue weighted by Crippen LogP contribution is -2.16. The van der Waals surface area contributed by atoms with Crippen LogP contribution in [-0.4, -0.2) is 20.8 Å². The van der Waals surface area contributed by atoms with Gasteiger partial charge in [0.05, 0.1) is 22.9 Å². The van der Waals surface area contributed by atoms with E-state index >= 15 is 0 Å². The van der Waals surface area contributed by atoms with E-state index in [2.05, 4.69) is 33.6 Å². The Balaban J connectivity index is 1.80. The molecule has 1 fully saturated rings. The minimum absolute atomic E-state index is 0.614. The molecule has 0 saturated heterocycles. The average molecular weight is 299 g/mol. The van der Waals surface area contributed by atoms with Gasteiger partial charge in [-0.1, -0.05) is 29.8 Å². The minimum atomic E-state index is 0.614. The summed E-state index contributed by atoms with van der Waals surface area (Å²) in [6, 6.07) is 11.0. The predicted molar refractivity (Wildman–Crippen MR) is 83.7 cm³/mol. The molecule has 1 N–H and O–H groups in total. The SMILES string of the molecule is Clc1cnn(-c2cc(CNC3CC3)c3ccccc3n2)c1. The van der Waals surface area contributed by atoms with E-state index < -0.39 is 0 Å². The lowest BCUT2D eigenvalue weighted by molar-refractivity contribution is 0.689. The Morgan fingerprint density at radius 2 is 2.14 bits per heavy atom. The number of aromatic nitrogens is 3. The van der Waals surface area contributed by atoms with E-state index in [1.807, 2.05) is 12.1 Å². The zero-order chi connectivity index (χ0) is 14.2. The van der Waals surface area contributed by atoms with Crippen LogP contribution in [0.5, 0.6) is 0 Å². The molecule has 1 saturated carbocycles. The molecule has 3 aromatic rings. The number of rotatable bonds is 4. The number of nitrogens with zero attached hydrogens (tertiary/aromatic N) is 3. The highest BCUT2D eigenvalue weighted by Crippen LogP contribution is 2.23. The Morgan fingerprint density at radius 3 is 2.90 bits per heavy atom. The van der Waals surface area contributed by atoms with E-state index in [1.54, 1.807) is 17.1 Å². The summed E-state index contributed by atoms with van der Waals surface area (Å²) in [7, 11) is 0. The Kier molecular flexibility index (Phi) is 3.13. The smallest absolute Gasteiger partial charge is 0.154 e. The topological polar surface area (TPSA) is 42.7 Å². The summed E-state index contributed by atoms with van der Waals surface area (Å²) in [5, 5.41) is 9.61. The molecule has 2 aromatic heterocycles. The van der Waals surface area contributed by atoms with E-state index in [0.717, 1.165) is 17.9 Å². The minimum Gasteiger partial charge on any atom is -0.310 e. The molecule has 2 heterocycles. The van der Waals surface area contributed by atoms with Crippen molar-refractivity contribution in [3.8, 4) is 5.82 Å². The van der Waals surface area contributed by atoms with Crippen molar-refractivity contribution in [2.24, 2.45) is 0 Å². The Hall–Kier alpha value is -1.91. The number of halogens is 1. The van der Waals surface area contributed by atoms with Crippen LogP contribution in [0.25, 0.3) is 16.7 Å². The van der Waals surface area contributed by atoms with Gasteiger partial charge in [0.1, 0.15) is 0 Å². The summed E-state index contributed by atoms with van der Waals surface area (Å²) in [4.78, 5) is 4.68. The van der Waals surface area contributed by atoms with Gasteiger partial charge < -0.3 is 5.32 Å². The maximum absolute atomic E-state index is 5.96. The number of nitrogens with one attached hydrogen (secondary N) is 1. The van der Waals surface area contributed by atoms with Crippen molar-refractivity contribution in [3.63, 3.8) is 0 Å². The fraction of sp³-hybridized carbons (Fsp3) is 0.250. The van der Waals surface area contributed by atoms with E-state index in [9.17, 15) is 0 Å². The second kappa shape index (κ2) is 5.13. The largest absolute Gasteiger partial charge is 0.310 e. The molecule has 106 valence electrons. The third-order valence-electron chi connectivity index (χ3n) is 3.73. The van der Waals surface area contributed by atoms with Crippen molar-refractivity contribution >= 4 is 22.5 Å². The molecular weight excluding hydrogens is 284 g/mol. The van der Waals surface area contributed by atoms with Crippen molar-refractivity contribution in [3.05, 3.63) is 53.3 Å². The molecular formula is C16H15ClN4. The van der Waals surface area contributed by atoms with Crippen LogP contribution in [-0.2, 0) is 6.54 Å². The summed E-state index contributed by atoms with van der Waals surface area (Å²) >= 11 is 5.96. The molecule has 21 heavy (non-hydrogen) atoms. The normalized spacial score (nSPS) is 14.7. The molecule has 4 nitrogen and oxygen atoms in total. The molecule has 0 spiro atoms. The van der Waals surface area contributed by atoms with Crippen molar-refractivity contribution in [2.45, 2.75) is 25.4 Å². The standard InChI is InChI=1S/C16H15ClN4/c17-12-9-19-21(10-12)16-7-11(8-18-13-5-6-13)14-3-1-2-4-15(14)20-16/h1-4,7,9-10,13,18H,5-6,8H2. The molecule has 0 atom stereocenters. The summed E-state index contributed by atoms with van der Waals surface area (Å²) in [6.45, 7) is 0.857. The van der Waals surface area contributed by atoms with Crippen LogP contribution in [0.15, 0.2) is 42.7 Å². The van der Waals surface area contributed by atoms with Gasteiger partial charge in [0, 0.05) is 18.0 Å². The highest BCUT2D eigenvalue weighted by atomic mass is 35.5. The van der Waals surface area contributed by atoms with Gasteiger partial charge in [-0.2, -0.15) is 5.10 Å². The summed E-state index contributed by atoms with van der Waals surface area (Å²) < 4.78 is 1.72. The third kappa shape index (κ3) is 2.64. The highest BCUT2D eigenvalue weighted by molar-refractivity contribution is 6.30. The van der Waals surface area contributed by atoms with Crippen molar-refractivity contribution < 1.29 is 0 Å². The molecule has 0 unspecified atom stereocenters. The first kappa shape index (κ1) is 12.8. The molecule has 1 aliphatic carbocycles. The van der Waals surface area contributed by atoms with Gasteiger partial charge in [-0.05, 0) is 30.5 Å². The first-order valence-electron chi connectivity index (χ1n) is 7.12. The molecule has 4 rings (SSSR count). The number of pyridine rings is 1. The fourth-order valence-electron chi connectivity index (χ4n) is 2.46.